The van der Waals surface area contributed by atoms with Crippen molar-refractivity contribution >= 4 is 0 Å². The molecular weight excluding hydrogens is 615 g/mol. The third-order valence-electron chi connectivity index (χ3n) is 18.9. The van der Waals surface area contributed by atoms with Gasteiger partial charge in [-0.25, -0.2) is 0 Å². The third kappa shape index (κ3) is 5.52. The molecule has 0 spiro atoms. The summed E-state index contributed by atoms with van der Waals surface area (Å²) in [5.41, 5.74) is 0. The normalized spacial score (nSPS) is 54.9. The summed E-state index contributed by atoms with van der Waals surface area (Å²) in [6.07, 6.45) is 42.2. The van der Waals surface area contributed by atoms with Gasteiger partial charge in [0, 0.05) is 30.0 Å². The van der Waals surface area contributed by atoms with Crippen LogP contribution < -0.4 is 0 Å². The van der Waals surface area contributed by atoms with Crippen molar-refractivity contribution in [2.45, 2.75) is 228 Å². The molecule has 3 heterocycles. The zero-order chi connectivity index (χ0) is 32.8. The second-order valence-corrected chi connectivity index (χ2v) is 20.8. The van der Waals surface area contributed by atoms with Crippen LogP contribution in [0.1, 0.15) is 173 Å². The van der Waals surface area contributed by atoms with Gasteiger partial charge in [0.25, 0.3) is 0 Å². The molecule has 3 saturated heterocycles. The smallest absolute Gasteiger partial charge is 0.0766 e. The first-order valence-electron chi connectivity index (χ1n) is 23.5. The molecule has 4 heteroatoms. The molecule has 11 fully saturated rings. The quantitative estimate of drug-likeness (QED) is 0.294. The summed E-state index contributed by atoms with van der Waals surface area (Å²) in [6, 6.07) is 2.16. The van der Waals surface area contributed by atoms with Crippen LogP contribution in [0, 0.1) is 59.2 Å². The van der Waals surface area contributed by atoms with E-state index in [1.165, 1.54) is 173 Å². The second kappa shape index (κ2) is 13.8. The Morgan fingerprint density at radius 2 is 0.920 bits per heavy atom. The highest BCUT2D eigenvalue weighted by molar-refractivity contribution is 5.12. The van der Waals surface area contributed by atoms with E-state index in [0.29, 0.717) is 48.6 Å². The summed E-state index contributed by atoms with van der Waals surface area (Å²) in [7, 11) is 0. The molecule has 0 N–H and O–H groups in total. The van der Waals surface area contributed by atoms with Crippen molar-refractivity contribution in [1.82, 2.24) is 4.90 Å². The van der Waals surface area contributed by atoms with Crippen molar-refractivity contribution in [3.05, 3.63) is 0 Å². The van der Waals surface area contributed by atoms with E-state index in [-0.39, 0.29) is 0 Å². The van der Waals surface area contributed by atoms with Crippen LogP contribution in [0.15, 0.2) is 0 Å². The van der Waals surface area contributed by atoms with Gasteiger partial charge in [-0.2, -0.15) is 0 Å². The fraction of sp³-hybridized carbons (Fsp3) is 1.00. The molecule has 11 aliphatic rings. The largest absolute Gasteiger partial charge is 0.374 e. The van der Waals surface area contributed by atoms with Crippen molar-refractivity contribution in [2.75, 3.05) is 0 Å². The monoisotopic (exact) mass is 688 g/mol. The van der Waals surface area contributed by atoms with Gasteiger partial charge in [-0.05, 0) is 150 Å². The fourth-order valence-electron chi connectivity index (χ4n) is 17.0. The molecule has 8 saturated carbocycles. The molecule has 280 valence electrons. The summed E-state index contributed by atoms with van der Waals surface area (Å²) in [5.74, 6) is 8.59. The first kappa shape index (κ1) is 33.2. The molecule has 0 aromatic carbocycles. The van der Waals surface area contributed by atoms with Gasteiger partial charge in [0.15, 0.2) is 0 Å². The Kier molecular flexibility index (Phi) is 9.20. The Balaban J connectivity index is 0.900. The zero-order valence-electron chi connectivity index (χ0n) is 31.7. The molecule has 0 aromatic rings. The number of ether oxygens (including phenoxy) is 3. The van der Waals surface area contributed by atoms with Crippen LogP contribution in [-0.2, 0) is 14.2 Å². The molecule has 3 aliphatic heterocycles. The van der Waals surface area contributed by atoms with E-state index in [1.807, 2.05) is 0 Å². The van der Waals surface area contributed by atoms with E-state index in [9.17, 15) is 0 Å². The number of hydrogen-bond acceptors (Lipinski definition) is 4. The lowest BCUT2D eigenvalue weighted by atomic mass is 9.61. The second-order valence-electron chi connectivity index (χ2n) is 20.8. The van der Waals surface area contributed by atoms with Gasteiger partial charge < -0.3 is 14.2 Å². The van der Waals surface area contributed by atoms with Crippen LogP contribution in [0.25, 0.3) is 0 Å². The summed E-state index contributed by atoms with van der Waals surface area (Å²) in [6.45, 7) is 0. The van der Waals surface area contributed by atoms with E-state index in [1.54, 1.807) is 0 Å². The van der Waals surface area contributed by atoms with Gasteiger partial charge in [0.2, 0.25) is 0 Å². The van der Waals surface area contributed by atoms with E-state index >= 15 is 0 Å². The van der Waals surface area contributed by atoms with Gasteiger partial charge in [0.05, 0.1) is 36.6 Å². The van der Waals surface area contributed by atoms with E-state index in [2.05, 4.69) is 4.90 Å². The van der Waals surface area contributed by atoms with E-state index in [0.717, 1.165) is 65.3 Å². The van der Waals surface area contributed by atoms with Crippen LogP contribution in [0.4, 0.5) is 0 Å². The maximum Gasteiger partial charge on any atom is 0.0766 e. The standard InChI is InChI=1S/C46H73NO3/c1-2-10-28(11-3-1)29-20-23-31(24-21-29)47(37-16-9-19-40-42(37)36-25-22-30-12-4-5-13-32(30)44(36)49-40)38-17-8-15-33-34-26-27-41-43(46(34)50-45(33)38)35-14-6-7-18-39(35)48-41/h28-46H,1-27H2. The Morgan fingerprint density at radius 3 is 1.82 bits per heavy atom. The molecule has 0 bridgehead atoms. The molecule has 8 aliphatic carbocycles. The minimum absolute atomic E-state index is 0.476. The Bertz CT molecular complexity index is 1180. The summed E-state index contributed by atoms with van der Waals surface area (Å²) >= 11 is 0. The van der Waals surface area contributed by atoms with Gasteiger partial charge in [-0.1, -0.05) is 70.6 Å². The fourth-order valence-corrected chi connectivity index (χ4v) is 17.0. The van der Waals surface area contributed by atoms with E-state index < -0.39 is 0 Å². The average molecular weight is 688 g/mol. The van der Waals surface area contributed by atoms with Gasteiger partial charge >= 0.3 is 0 Å². The molecule has 11 rings (SSSR count). The van der Waals surface area contributed by atoms with Gasteiger partial charge in [-0.3, -0.25) is 4.90 Å². The first-order chi connectivity index (χ1) is 24.8. The highest BCUT2D eigenvalue weighted by atomic mass is 16.5. The van der Waals surface area contributed by atoms with Crippen LogP contribution in [0.5, 0.6) is 0 Å². The van der Waals surface area contributed by atoms with E-state index in [4.69, 9.17) is 14.2 Å². The molecule has 16 unspecified atom stereocenters. The minimum atomic E-state index is 0.476. The third-order valence-corrected chi connectivity index (χ3v) is 18.9. The van der Waals surface area contributed by atoms with Crippen molar-refractivity contribution in [1.29, 1.82) is 0 Å². The molecule has 0 aromatic heterocycles. The molecule has 0 radical (unpaired) electrons. The van der Waals surface area contributed by atoms with Crippen molar-refractivity contribution in [3.63, 3.8) is 0 Å². The van der Waals surface area contributed by atoms with Crippen LogP contribution in [-0.4, -0.2) is 59.6 Å². The first-order valence-corrected chi connectivity index (χ1v) is 23.5. The van der Waals surface area contributed by atoms with Crippen LogP contribution >= 0.6 is 0 Å². The summed E-state index contributed by atoms with van der Waals surface area (Å²) in [4.78, 5) is 3.35. The highest BCUT2D eigenvalue weighted by Crippen LogP contribution is 2.59. The number of fused-ring (bicyclic) bond motifs is 12. The van der Waals surface area contributed by atoms with Crippen molar-refractivity contribution in [2.24, 2.45) is 59.2 Å². The maximum atomic E-state index is 7.76. The SMILES string of the molecule is C1CCC(C2CCC(N(C3CCCC4C5CCC6OC7CCCCC7C6C5OC43)C3CCCC4OC5C6CCCCC6CCC5C43)CC2)CC1. The Morgan fingerprint density at radius 1 is 0.300 bits per heavy atom. The Labute approximate surface area is 305 Å². The predicted molar refractivity (Wildman–Crippen MR) is 199 cm³/mol. The molecular formula is C46H73NO3. The topological polar surface area (TPSA) is 30.9 Å². The van der Waals surface area contributed by atoms with Crippen molar-refractivity contribution < 1.29 is 14.2 Å². The van der Waals surface area contributed by atoms with Gasteiger partial charge in [0.1, 0.15) is 0 Å². The van der Waals surface area contributed by atoms with Crippen LogP contribution in [0.3, 0.4) is 0 Å². The lowest BCUT2D eigenvalue weighted by molar-refractivity contribution is -0.115. The van der Waals surface area contributed by atoms with Gasteiger partial charge in [-0.15, -0.1) is 0 Å². The lowest BCUT2D eigenvalue weighted by Gasteiger charge is -2.54. The maximum absolute atomic E-state index is 7.76. The summed E-state index contributed by atoms with van der Waals surface area (Å²) < 4.78 is 22.0. The molecule has 50 heavy (non-hydrogen) atoms. The summed E-state index contributed by atoms with van der Waals surface area (Å²) in [5, 5.41) is 0. The number of nitrogens with zero attached hydrogens (tertiary/aromatic N) is 1. The Hall–Kier alpha value is -0.160. The average Bonchev–Trinajstić information content (AvgIpc) is 3.87. The minimum Gasteiger partial charge on any atom is -0.374 e. The highest BCUT2D eigenvalue weighted by Gasteiger charge is 2.62. The van der Waals surface area contributed by atoms with Crippen LogP contribution in [0.2, 0.25) is 0 Å². The number of hydrogen-bond donors (Lipinski definition) is 0. The van der Waals surface area contributed by atoms with Crippen molar-refractivity contribution in [3.8, 4) is 0 Å². The number of rotatable bonds is 4. The lowest BCUT2D eigenvalue weighted by Crippen LogP contribution is -2.61. The molecule has 4 nitrogen and oxygen atoms in total. The molecule has 0 amide bonds. The predicted octanol–water partition coefficient (Wildman–Crippen LogP) is 10.5. The zero-order valence-corrected chi connectivity index (χ0v) is 31.7. The molecule has 16 atom stereocenters.